The van der Waals surface area contributed by atoms with Crippen LogP contribution in [0.2, 0.25) is 10.0 Å². The lowest BCUT2D eigenvalue weighted by molar-refractivity contribution is 0.627. The summed E-state index contributed by atoms with van der Waals surface area (Å²) in [4.78, 5) is 12.9. The summed E-state index contributed by atoms with van der Waals surface area (Å²) in [6, 6.07) is 18.4. The molecule has 0 radical (unpaired) electrons. The third-order valence-electron chi connectivity index (χ3n) is 4.32. The molecule has 134 valence electrons. The molecule has 0 saturated carbocycles. The molecule has 0 spiro atoms. The average molecular weight is 399 g/mol. The van der Waals surface area contributed by atoms with Crippen LogP contribution in [0.3, 0.4) is 0 Å². The van der Waals surface area contributed by atoms with Crippen molar-refractivity contribution in [2.75, 3.05) is 0 Å². The monoisotopic (exact) mass is 398 g/mol. The van der Waals surface area contributed by atoms with Crippen molar-refractivity contribution in [2.24, 2.45) is 0 Å². The van der Waals surface area contributed by atoms with E-state index in [1.165, 1.54) is 16.8 Å². The second kappa shape index (κ2) is 7.14. The van der Waals surface area contributed by atoms with Gasteiger partial charge in [0.25, 0.3) is 5.56 Å². The molecule has 4 aromatic rings. The Morgan fingerprint density at radius 1 is 0.926 bits per heavy atom. The summed E-state index contributed by atoms with van der Waals surface area (Å²) in [6.45, 7) is 0.202. The molecule has 0 fully saturated rings. The first kappa shape index (κ1) is 17.7. The molecule has 0 unspecified atom stereocenters. The number of aromatic nitrogens is 2. The van der Waals surface area contributed by atoms with E-state index in [9.17, 15) is 9.18 Å². The smallest absolute Gasteiger partial charge is 0.267 e. The van der Waals surface area contributed by atoms with Crippen molar-refractivity contribution >= 4 is 34.0 Å². The number of benzene rings is 3. The lowest BCUT2D eigenvalue weighted by Crippen LogP contribution is -2.24. The molecule has 1 aromatic heterocycles. The zero-order chi connectivity index (χ0) is 19.0. The highest BCUT2D eigenvalue weighted by molar-refractivity contribution is 6.35. The third-order valence-corrected chi connectivity index (χ3v) is 4.91. The molecule has 4 rings (SSSR count). The molecular weight excluding hydrogens is 386 g/mol. The van der Waals surface area contributed by atoms with E-state index in [2.05, 4.69) is 5.10 Å². The summed E-state index contributed by atoms with van der Waals surface area (Å²) >= 11 is 12.2. The molecule has 0 amide bonds. The van der Waals surface area contributed by atoms with Crippen LogP contribution >= 0.6 is 23.2 Å². The summed E-state index contributed by atoms with van der Waals surface area (Å²) in [6.07, 6.45) is 0. The molecule has 0 aliphatic carbocycles. The van der Waals surface area contributed by atoms with E-state index >= 15 is 0 Å². The van der Waals surface area contributed by atoms with Gasteiger partial charge in [0.2, 0.25) is 0 Å². The van der Waals surface area contributed by atoms with Gasteiger partial charge >= 0.3 is 0 Å². The number of nitrogens with zero attached hydrogens (tertiary/aromatic N) is 2. The summed E-state index contributed by atoms with van der Waals surface area (Å²) < 4.78 is 14.7. The molecular formula is C21H13Cl2FN2O. The number of hydrogen-bond acceptors (Lipinski definition) is 2. The molecule has 6 heteroatoms. The van der Waals surface area contributed by atoms with Crippen LogP contribution in [0.5, 0.6) is 0 Å². The first-order valence-corrected chi connectivity index (χ1v) is 8.98. The van der Waals surface area contributed by atoms with Gasteiger partial charge < -0.3 is 0 Å². The molecule has 0 bridgehead atoms. The van der Waals surface area contributed by atoms with E-state index in [0.29, 0.717) is 26.5 Å². The fourth-order valence-corrected chi connectivity index (χ4v) is 3.44. The predicted molar refractivity (Wildman–Crippen MR) is 107 cm³/mol. The molecule has 27 heavy (non-hydrogen) atoms. The maximum absolute atomic E-state index is 13.3. The van der Waals surface area contributed by atoms with Crippen LogP contribution < -0.4 is 5.56 Å². The molecule has 1 heterocycles. The molecule has 0 N–H and O–H groups in total. The number of rotatable bonds is 3. The van der Waals surface area contributed by atoms with Crippen LogP contribution in [0.25, 0.3) is 22.0 Å². The topological polar surface area (TPSA) is 34.9 Å². The molecule has 0 aliphatic heterocycles. The van der Waals surface area contributed by atoms with Crippen molar-refractivity contribution < 1.29 is 4.39 Å². The van der Waals surface area contributed by atoms with Crippen molar-refractivity contribution in [3.05, 3.63) is 98.5 Å². The second-order valence-electron chi connectivity index (χ2n) is 6.10. The Balaban J connectivity index is 1.92. The summed E-state index contributed by atoms with van der Waals surface area (Å²) in [5.41, 5.74) is 1.84. The van der Waals surface area contributed by atoms with Gasteiger partial charge in [0.05, 0.1) is 17.6 Å². The fraction of sp³-hybridized carbons (Fsp3) is 0.0476. The van der Waals surface area contributed by atoms with E-state index in [1.54, 1.807) is 42.5 Å². The van der Waals surface area contributed by atoms with Gasteiger partial charge in [-0.3, -0.25) is 4.79 Å². The van der Waals surface area contributed by atoms with Gasteiger partial charge in [-0.15, -0.1) is 0 Å². The minimum absolute atomic E-state index is 0.202. The molecule has 0 aliphatic rings. The van der Waals surface area contributed by atoms with E-state index in [4.69, 9.17) is 23.2 Å². The summed E-state index contributed by atoms with van der Waals surface area (Å²) in [7, 11) is 0. The largest absolute Gasteiger partial charge is 0.274 e. The Morgan fingerprint density at radius 2 is 1.63 bits per heavy atom. The Kier molecular flexibility index (Phi) is 4.68. The Bertz CT molecular complexity index is 1200. The highest BCUT2D eigenvalue weighted by Crippen LogP contribution is 2.26. The standard InChI is InChI=1S/C21H13Cl2FN2O/c22-15-8-5-14(19(23)11-15)12-26-21(27)18-4-2-1-3-17(18)20(25-26)13-6-9-16(24)10-7-13/h1-11H,12H2. The SMILES string of the molecule is O=c1c2ccccc2c(-c2ccc(F)cc2)nn1Cc1ccc(Cl)cc1Cl. The molecule has 0 saturated heterocycles. The number of hydrogen-bond donors (Lipinski definition) is 0. The minimum Gasteiger partial charge on any atom is -0.267 e. The summed E-state index contributed by atoms with van der Waals surface area (Å²) in [5.74, 6) is -0.329. The van der Waals surface area contributed by atoms with Crippen molar-refractivity contribution in [1.82, 2.24) is 9.78 Å². The van der Waals surface area contributed by atoms with Crippen LogP contribution in [0.4, 0.5) is 4.39 Å². The Morgan fingerprint density at radius 3 is 2.33 bits per heavy atom. The van der Waals surface area contributed by atoms with Crippen LogP contribution in [0.1, 0.15) is 5.56 Å². The van der Waals surface area contributed by atoms with E-state index in [0.717, 1.165) is 11.1 Å². The summed E-state index contributed by atoms with van der Waals surface area (Å²) in [5, 5.41) is 6.79. The van der Waals surface area contributed by atoms with Crippen LogP contribution in [0.15, 0.2) is 71.5 Å². The van der Waals surface area contributed by atoms with Crippen molar-refractivity contribution in [3.63, 3.8) is 0 Å². The fourth-order valence-electron chi connectivity index (χ4n) is 2.97. The van der Waals surface area contributed by atoms with Gasteiger partial charge in [-0.05, 0) is 48.0 Å². The van der Waals surface area contributed by atoms with Gasteiger partial charge in [0.15, 0.2) is 0 Å². The van der Waals surface area contributed by atoms with Crippen molar-refractivity contribution in [1.29, 1.82) is 0 Å². The van der Waals surface area contributed by atoms with Gasteiger partial charge in [0, 0.05) is 21.0 Å². The van der Waals surface area contributed by atoms with Crippen LogP contribution in [-0.2, 0) is 6.54 Å². The quantitative estimate of drug-likeness (QED) is 0.452. The predicted octanol–water partition coefficient (Wildman–Crippen LogP) is 5.56. The van der Waals surface area contributed by atoms with Crippen LogP contribution in [0, 0.1) is 5.82 Å². The minimum atomic E-state index is -0.329. The first-order chi connectivity index (χ1) is 13.0. The zero-order valence-electron chi connectivity index (χ0n) is 14.0. The van der Waals surface area contributed by atoms with Gasteiger partial charge in [0.1, 0.15) is 5.82 Å². The van der Waals surface area contributed by atoms with Gasteiger partial charge in [-0.2, -0.15) is 5.10 Å². The average Bonchev–Trinajstić information content (AvgIpc) is 2.67. The third kappa shape index (κ3) is 3.46. The van der Waals surface area contributed by atoms with Gasteiger partial charge in [-0.25, -0.2) is 9.07 Å². The van der Waals surface area contributed by atoms with Crippen molar-refractivity contribution in [2.45, 2.75) is 6.54 Å². The zero-order valence-corrected chi connectivity index (χ0v) is 15.5. The normalized spacial score (nSPS) is 11.1. The lowest BCUT2D eigenvalue weighted by atomic mass is 10.0. The maximum atomic E-state index is 13.3. The Labute approximate surface area is 164 Å². The number of halogens is 3. The van der Waals surface area contributed by atoms with E-state index in [-0.39, 0.29) is 17.9 Å². The molecule has 3 nitrogen and oxygen atoms in total. The van der Waals surface area contributed by atoms with E-state index < -0.39 is 0 Å². The first-order valence-electron chi connectivity index (χ1n) is 8.22. The maximum Gasteiger partial charge on any atom is 0.274 e. The van der Waals surface area contributed by atoms with Gasteiger partial charge in [-0.1, -0.05) is 47.5 Å². The molecule has 3 aromatic carbocycles. The Hall–Kier alpha value is -2.69. The highest BCUT2D eigenvalue weighted by Gasteiger charge is 2.13. The van der Waals surface area contributed by atoms with Crippen LogP contribution in [-0.4, -0.2) is 9.78 Å². The lowest BCUT2D eigenvalue weighted by Gasteiger charge is -2.12. The van der Waals surface area contributed by atoms with Crippen molar-refractivity contribution in [3.8, 4) is 11.3 Å². The number of fused-ring (bicyclic) bond motifs is 1. The second-order valence-corrected chi connectivity index (χ2v) is 6.94. The highest BCUT2D eigenvalue weighted by atomic mass is 35.5. The molecule has 0 atom stereocenters. The van der Waals surface area contributed by atoms with E-state index in [1.807, 2.05) is 12.1 Å².